The summed E-state index contributed by atoms with van der Waals surface area (Å²) in [5.41, 5.74) is -2.59. The van der Waals surface area contributed by atoms with Crippen molar-refractivity contribution in [2.75, 3.05) is 0 Å². The fourth-order valence-electron chi connectivity index (χ4n) is 1.48. The normalized spacial score (nSPS) is 11.6. The molecule has 0 aliphatic rings. The average Bonchev–Trinajstić information content (AvgIpc) is 2.14. The van der Waals surface area contributed by atoms with E-state index in [2.05, 4.69) is 0 Å². The number of halogens is 3. The molecule has 1 aromatic rings. The van der Waals surface area contributed by atoms with Gasteiger partial charge in [0.1, 0.15) is 0 Å². The van der Waals surface area contributed by atoms with Gasteiger partial charge in [0.2, 0.25) is 0 Å². The van der Waals surface area contributed by atoms with Crippen molar-refractivity contribution >= 4 is 5.69 Å². The molecule has 0 spiro atoms. The third-order valence-corrected chi connectivity index (χ3v) is 2.17. The number of hydrogen-bond donors (Lipinski definition) is 1. The second kappa shape index (κ2) is 4.09. The van der Waals surface area contributed by atoms with Crippen LogP contribution in [0.2, 0.25) is 0 Å². The summed E-state index contributed by atoms with van der Waals surface area (Å²) < 4.78 is 37.8. The van der Waals surface area contributed by atoms with Crippen LogP contribution in [0, 0.1) is 17.0 Å². The Hall–Kier alpha value is -1.63. The van der Waals surface area contributed by atoms with Crippen molar-refractivity contribution in [3.63, 3.8) is 0 Å². The molecule has 0 fully saturated rings. The van der Waals surface area contributed by atoms with Crippen LogP contribution in [0.1, 0.15) is 16.7 Å². The lowest BCUT2D eigenvalue weighted by molar-refractivity contribution is -0.385. The Bertz CT molecular complexity index is 429. The first kappa shape index (κ1) is 12.4. The van der Waals surface area contributed by atoms with Gasteiger partial charge in [-0.05, 0) is 18.6 Å². The lowest BCUT2D eigenvalue weighted by atomic mass is 10.00. The van der Waals surface area contributed by atoms with Gasteiger partial charge in [-0.3, -0.25) is 10.1 Å². The molecule has 0 amide bonds. The molecule has 88 valence electrons. The van der Waals surface area contributed by atoms with Crippen molar-refractivity contribution in [2.45, 2.75) is 19.7 Å². The molecule has 0 aromatic heterocycles. The summed E-state index contributed by atoms with van der Waals surface area (Å²) in [5, 5.41) is 19.2. The van der Waals surface area contributed by atoms with Crippen molar-refractivity contribution in [2.24, 2.45) is 0 Å². The molecular weight excluding hydrogens is 227 g/mol. The predicted octanol–water partition coefficient (Wildman–Crippen LogP) is 2.41. The maximum Gasteiger partial charge on any atom is 0.417 e. The number of nitro groups is 1. The molecule has 0 saturated carbocycles. The van der Waals surface area contributed by atoms with E-state index < -0.39 is 34.5 Å². The van der Waals surface area contributed by atoms with Crippen LogP contribution in [-0.2, 0) is 12.8 Å². The summed E-state index contributed by atoms with van der Waals surface area (Å²) in [6, 6.07) is 1.87. The minimum atomic E-state index is -4.71. The SMILES string of the molecule is Cc1c([N+](=O)[O-])ccc(CO)c1C(F)(F)F. The number of benzene rings is 1. The Labute approximate surface area is 88.5 Å². The van der Waals surface area contributed by atoms with Gasteiger partial charge in [0.25, 0.3) is 5.69 Å². The number of nitro benzene ring substituents is 1. The van der Waals surface area contributed by atoms with E-state index in [0.717, 1.165) is 19.1 Å². The molecule has 0 bridgehead atoms. The summed E-state index contributed by atoms with van der Waals surface area (Å²) in [6.45, 7) is 0.202. The molecular formula is C9H8F3NO3. The topological polar surface area (TPSA) is 63.4 Å². The van der Waals surface area contributed by atoms with Crippen LogP contribution in [-0.4, -0.2) is 10.0 Å². The van der Waals surface area contributed by atoms with Crippen molar-refractivity contribution in [3.05, 3.63) is 38.9 Å². The Morgan fingerprint density at radius 3 is 2.38 bits per heavy atom. The summed E-state index contributed by atoms with van der Waals surface area (Å²) >= 11 is 0. The van der Waals surface area contributed by atoms with Crippen LogP contribution in [0.25, 0.3) is 0 Å². The molecule has 1 aromatic carbocycles. The Balaban J connectivity index is 3.53. The zero-order valence-corrected chi connectivity index (χ0v) is 8.21. The number of nitrogens with zero attached hydrogens (tertiary/aromatic N) is 1. The number of aliphatic hydroxyl groups is 1. The van der Waals surface area contributed by atoms with Crippen LogP contribution >= 0.6 is 0 Å². The highest BCUT2D eigenvalue weighted by Crippen LogP contribution is 2.37. The summed E-state index contributed by atoms with van der Waals surface area (Å²) in [4.78, 5) is 9.59. The van der Waals surface area contributed by atoms with Crippen molar-refractivity contribution in [1.29, 1.82) is 0 Å². The maximum absolute atomic E-state index is 12.6. The van der Waals surface area contributed by atoms with E-state index in [9.17, 15) is 23.3 Å². The standard InChI is InChI=1S/C9H8F3NO3/c1-5-7(13(15)16)3-2-6(4-14)8(5)9(10,11)12/h2-3,14H,4H2,1H3. The van der Waals surface area contributed by atoms with E-state index in [-0.39, 0.29) is 5.56 Å². The molecule has 0 saturated heterocycles. The second-order valence-corrected chi connectivity index (χ2v) is 3.16. The van der Waals surface area contributed by atoms with Gasteiger partial charge in [0.15, 0.2) is 0 Å². The Morgan fingerprint density at radius 1 is 1.44 bits per heavy atom. The van der Waals surface area contributed by atoms with Crippen LogP contribution in [0.15, 0.2) is 12.1 Å². The lowest BCUT2D eigenvalue weighted by Crippen LogP contribution is -2.13. The van der Waals surface area contributed by atoms with Crippen LogP contribution in [0.5, 0.6) is 0 Å². The average molecular weight is 235 g/mol. The highest BCUT2D eigenvalue weighted by molar-refractivity contribution is 5.49. The maximum atomic E-state index is 12.6. The van der Waals surface area contributed by atoms with Crippen LogP contribution in [0.4, 0.5) is 18.9 Å². The molecule has 16 heavy (non-hydrogen) atoms. The zero-order chi connectivity index (χ0) is 12.5. The first-order chi connectivity index (χ1) is 7.29. The van der Waals surface area contributed by atoms with E-state index in [4.69, 9.17) is 5.11 Å². The molecule has 1 rings (SSSR count). The minimum Gasteiger partial charge on any atom is -0.392 e. The lowest BCUT2D eigenvalue weighted by Gasteiger charge is -2.14. The zero-order valence-electron chi connectivity index (χ0n) is 8.21. The van der Waals surface area contributed by atoms with Gasteiger partial charge in [-0.1, -0.05) is 0 Å². The molecule has 7 heteroatoms. The molecule has 0 atom stereocenters. The van der Waals surface area contributed by atoms with Crippen LogP contribution in [0.3, 0.4) is 0 Å². The molecule has 4 nitrogen and oxygen atoms in total. The molecule has 0 aliphatic carbocycles. The van der Waals surface area contributed by atoms with Gasteiger partial charge in [-0.2, -0.15) is 13.2 Å². The third-order valence-electron chi connectivity index (χ3n) is 2.17. The van der Waals surface area contributed by atoms with E-state index in [1.54, 1.807) is 0 Å². The van der Waals surface area contributed by atoms with E-state index in [1.165, 1.54) is 0 Å². The number of aliphatic hydroxyl groups excluding tert-OH is 1. The molecule has 0 heterocycles. The fourth-order valence-corrected chi connectivity index (χ4v) is 1.48. The summed E-state index contributed by atoms with van der Waals surface area (Å²) in [6.07, 6.45) is -4.71. The second-order valence-electron chi connectivity index (χ2n) is 3.16. The first-order valence-corrected chi connectivity index (χ1v) is 4.24. The highest BCUT2D eigenvalue weighted by Gasteiger charge is 2.37. The monoisotopic (exact) mass is 235 g/mol. The smallest absolute Gasteiger partial charge is 0.392 e. The molecule has 0 aliphatic heterocycles. The number of rotatable bonds is 2. The minimum absolute atomic E-state index is 0.365. The van der Waals surface area contributed by atoms with Gasteiger partial charge < -0.3 is 5.11 Å². The molecule has 0 unspecified atom stereocenters. The van der Waals surface area contributed by atoms with E-state index in [1.807, 2.05) is 0 Å². The quantitative estimate of drug-likeness (QED) is 0.632. The summed E-state index contributed by atoms with van der Waals surface area (Å²) in [5.74, 6) is 0. The largest absolute Gasteiger partial charge is 0.417 e. The van der Waals surface area contributed by atoms with Gasteiger partial charge in [-0.25, -0.2) is 0 Å². The Kier molecular flexibility index (Phi) is 3.18. The van der Waals surface area contributed by atoms with Crippen LogP contribution < -0.4 is 0 Å². The van der Waals surface area contributed by atoms with Gasteiger partial charge in [0.05, 0.1) is 17.1 Å². The molecule has 0 radical (unpaired) electrons. The number of hydrogen-bond acceptors (Lipinski definition) is 3. The summed E-state index contributed by atoms with van der Waals surface area (Å²) in [7, 11) is 0. The first-order valence-electron chi connectivity index (χ1n) is 4.24. The third kappa shape index (κ3) is 2.13. The van der Waals surface area contributed by atoms with E-state index in [0.29, 0.717) is 0 Å². The van der Waals surface area contributed by atoms with E-state index >= 15 is 0 Å². The number of alkyl halides is 3. The molecule has 1 N–H and O–H groups in total. The fraction of sp³-hybridized carbons (Fsp3) is 0.333. The van der Waals surface area contributed by atoms with Crippen molar-refractivity contribution < 1.29 is 23.2 Å². The van der Waals surface area contributed by atoms with Crippen molar-refractivity contribution in [3.8, 4) is 0 Å². The van der Waals surface area contributed by atoms with Gasteiger partial charge >= 0.3 is 6.18 Å². The van der Waals surface area contributed by atoms with Gasteiger partial charge in [-0.15, -0.1) is 0 Å². The Morgan fingerprint density at radius 2 is 2.00 bits per heavy atom. The highest BCUT2D eigenvalue weighted by atomic mass is 19.4. The predicted molar refractivity (Wildman–Crippen MR) is 48.8 cm³/mol. The van der Waals surface area contributed by atoms with Gasteiger partial charge in [0, 0.05) is 11.6 Å². The van der Waals surface area contributed by atoms with Crippen molar-refractivity contribution in [1.82, 2.24) is 0 Å².